The zero-order chi connectivity index (χ0) is 15.1. The van der Waals surface area contributed by atoms with Crippen molar-refractivity contribution in [1.29, 1.82) is 0 Å². The Kier molecular flexibility index (Phi) is 3.95. The third-order valence-corrected chi connectivity index (χ3v) is 3.82. The lowest BCUT2D eigenvalue weighted by Gasteiger charge is -2.47. The number of nitrogens with zero attached hydrogens (tertiary/aromatic N) is 1. The summed E-state index contributed by atoms with van der Waals surface area (Å²) in [6, 6.07) is 4.55. The van der Waals surface area contributed by atoms with Crippen LogP contribution in [0.5, 0.6) is 0 Å². The minimum atomic E-state index is -0.508. The second-order valence-electron chi connectivity index (χ2n) is 6.38. The molecule has 5 heteroatoms. The molecule has 1 amide bonds. The second kappa shape index (κ2) is 5.11. The van der Waals surface area contributed by atoms with E-state index in [-0.39, 0.29) is 11.5 Å². The molecule has 1 aromatic carbocycles. The van der Waals surface area contributed by atoms with Crippen LogP contribution in [0.3, 0.4) is 0 Å². The predicted molar refractivity (Wildman–Crippen MR) is 79.2 cm³/mol. The summed E-state index contributed by atoms with van der Waals surface area (Å²) in [4.78, 5) is 14.3. The molecule has 2 rings (SSSR count). The number of hydrogen-bond donors (Lipinski definition) is 0. The summed E-state index contributed by atoms with van der Waals surface area (Å²) in [6.45, 7) is 8.62. The lowest BCUT2D eigenvalue weighted by Crippen LogP contribution is -2.58. The van der Waals surface area contributed by atoms with Crippen LogP contribution >= 0.6 is 15.9 Å². The van der Waals surface area contributed by atoms with Crippen molar-refractivity contribution in [1.82, 2.24) is 4.90 Å². The lowest BCUT2D eigenvalue weighted by atomic mass is 9.98. The molecule has 0 atom stereocenters. The molecule has 0 spiro atoms. The van der Waals surface area contributed by atoms with E-state index >= 15 is 0 Å². The number of ether oxygens (including phenoxy) is 1. The first-order valence-corrected chi connectivity index (χ1v) is 7.34. The Bertz CT molecular complexity index is 506. The van der Waals surface area contributed by atoms with Crippen LogP contribution in [0, 0.1) is 5.82 Å². The number of hydrogen-bond acceptors (Lipinski definition) is 2. The first-order chi connectivity index (χ1) is 9.11. The molecule has 1 aliphatic rings. The molecule has 0 aromatic heterocycles. The topological polar surface area (TPSA) is 29.5 Å². The number of benzene rings is 1. The fourth-order valence-electron chi connectivity index (χ4n) is 2.79. The van der Waals surface area contributed by atoms with Gasteiger partial charge in [0.25, 0.3) is 5.91 Å². The van der Waals surface area contributed by atoms with Gasteiger partial charge in [0.15, 0.2) is 0 Å². The van der Waals surface area contributed by atoms with Crippen molar-refractivity contribution in [3.63, 3.8) is 0 Å². The smallest absolute Gasteiger partial charge is 0.258 e. The molecule has 1 aromatic rings. The van der Waals surface area contributed by atoms with E-state index in [9.17, 15) is 9.18 Å². The summed E-state index contributed by atoms with van der Waals surface area (Å²) in [5.41, 5.74) is -0.814. The third-order valence-electron chi connectivity index (χ3n) is 3.16. The average Bonchev–Trinajstić information content (AvgIpc) is 2.24. The fraction of sp³-hybridized carbons (Fsp3) is 0.533. The normalized spacial score (nSPS) is 20.8. The quantitative estimate of drug-likeness (QED) is 0.779. The van der Waals surface area contributed by atoms with Gasteiger partial charge in [0.2, 0.25) is 0 Å². The van der Waals surface area contributed by atoms with Gasteiger partial charge in [-0.05, 0) is 55.8 Å². The molecule has 1 aliphatic heterocycles. The van der Waals surface area contributed by atoms with Crippen LogP contribution in [0.4, 0.5) is 4.39 Å². The highest BCUT2D eigenvalue weighted by Gasteiger charge is 2.40. The number of rotatable bonds is 1. The first kappa shape index (κ1) is 15.4. The van der Waals surface area contributed by atoms with E-state index < -0.39 is 17.0 Å². The van der Waals surface area contributed by atoms with Crippen LogP contribution in [0.1, 0.15) is 38.1 Å². The lowest BCUT2D eigenvalue weighted by molar-refractivity contribution is -0.171. The van der Waals surface area contributed by atoms with E-state index in [1.807, 2.05) is 27.7 Å². The standard InChI is InChI=1S/C15H19BrFNO2/c1-14(2)8-18(9-15(3,4)20-14)13(19)12-10(16)6-5-7-11(12)17/h5-7H,8-9H2,1-4H3. The average molecular weight is 344 g/mol. The number of carbonyl (C=O) groups is 1. The molecule has 1 heterocycles. The molecule has 0 aliphatic carbocycles. The molecule has 3 nitrogen and oxygen atoms in total. The highest BCUT2D eigenvalue weighted by Crippen LogP contribution is 2.30. The number of morpholine rings is 1. The molecular formula is C15H19BrFNO2. The van der Waals surface area contributed by atoms with Crippen LogP contribution in [0.15, 0.2) is 22.7 Å². The summed E-state index contributed by atoms with van der Waals surface area (Å²) in [5.74, 6) is -0.814. The van der Waals surface area contributed by atoms with Crippen molar-refractivity contribution < 1.29 is 13.9 Å². The maximum atomic E-state index is 13.9. The Balaban J connectivity index is 2.34. The Morgan fingerprint density at radius 2 is 1.80 bits per heavy atom. The molecule has 0 radical (unpaired) electrons. The van der Waals surface area contributed by atoms with Gasteiger partial charge in [0.1, 0.15) is 5.82 Å². The zero-order valence-electron chi connectivity index (χ0n) is 12.2. The van der Waals surface area contributed by atoms with Crippen LogP contribution in [0.25, 0.3) is 0 Å². The van der Waals surface area contributed by atoms with E-state index in [1.54, 1.807) is 17.0 Å². The minimum absolute atomic E-state index is 0.0843. The molecule has 0 N–H and O–H groups in total. The Labute approximate surface area is 127 Å². The molecule has 1 saturated heterocycles. The van der Waals surface area contributed by atoms with E-state index in [0.717, 1.165) is 0 Å². The number of halogens is 2. The summed E-state index contributed by atoms with van der Waals surface area (Å²) < 4.78 is 20.3. The summed E-state index contributed by atoms with van der Waals surface area (Å²) in [6.07, 6.45) is 0. The number of amides is 1. The third kappa shape index (κ3) is 3.20. The van der Waals surface area contributed by atoms with E-state index in [1.165, 1.54) is 6.07 Å². The molecule has 0 saturated carbocycles. The van der Waals surface area contributed by atoms with Crippen molar-refractivity contribution in [2.75, 3.05) is 13.1 Å². The van der Waals surface area contributed by atoms with Gasteiger partial charge in [0.05, 0.1) is 16.8 Å². The summed E-state index contributed by atoms with van der Waals surface area (Å²) in [5, 5.41) is 0. The van der Waals surface area contributed by atoms with Gasteiger partial charge in [0, 0.05) is 17.6 Å². The van der Waals surface area contributed by atoms with Gasteiger partial charge in [-0.2, -0.15) is 0 Å². The largest absolute Gasteiger partial charge is 0.366 e. The maximum Gasteiger partial charge on any atom is 0.258 e. The number of carbonyl (C=O) groups excluding carboxylic acids is 1. The van der Waals surface area contributed by atoms with Crippen LogP contribution in [-0.2, 0) is 4.74 Å². The van der Waals surface area contributed by atoms with Crippen LogP contribution in [-0.4, -0.2) is 35.1 Å². The first-order valence-electron chi connectivity index (χ1n) is 6.55. The monoisotopic (exact) mass is 343 g/mol. The van der Waals surface area contributed by atoms with Crippen molar-refractivity contribution in [2.45, 2.75) is 38.9 Å². The molecule has 0 unspecified atom stereocenters. The van der Waals surface area contributed by atoms with Gasteiger partial charge >= 0.3 is 0 Å². The van der Waals surface area contributed by atoms with E-state index in [2.05, 4.69) is 15.9 Å². The van der Waals surface area contributed by atoms with Crippen molar-refractivity contribution in [3.05, 3.63) is 34.1 Å². The van der Waals surface area contributed by atoms with Gasteiger partial charge in [-0.15, -0.1) is 0 Å². The molecule has 1 fully saturated rings. The molecule has 0 bridgehead atoms. The Morgan fingerprint density at radius 3 is 2.30 bits per heavy atom. The van der Waals surface area contributed by atoms with Gasteiger partial charge in [-0.3, -0.25) is 4.79 Å². The van der Waals surface area contributed by atoms with Gasteiger partial charge < -0.3 is 9.64 Å². The Hall–Kier alpha value is -0.940. The van der Waals surface area contributed by atoms with Crippen molar-refractivity contribution in [2.24, 2.45) is 0 Å². The zero-order valence-corrected chi connectivity index (χ0v) is 13.8. The van der Waals surface area contributed by atoms with Crippen molar-refractivity contribution >= 4 is 21.8 Å². The van der Waals surface area contributed by atoms with Crippen molar-refractivity contribution in [3.8, 4) is 0 Å². The highest BCUT2D eigenvalue weighted by molar-refractivity contribution is 9.10. The minimum Gasteiger partial charge on any atom is -0.366 e. The SMILES string of the molecule is CC1(C)CN(C(=O)c2c(F)cccc2Br)CC(C)(C)O1. The molecule has 110 valence electrons. The fourth-order valence-corrected chi connectivity index (χ4v) is 3.30. The van der Waals surface area contributed by atoms with Gasteiger partial charge in [-0.25, -0.2) is 4.39 Å². The highest BCUT2D eigenvalue weighted by atomic mass is 79.9. The van der Waals surface area contributed by atoms with E-state index in [0.29, 0.717) is 17.6 Å². The van der Waals surface area contributed by atoms with E-state index in [4.69, 9.17) is 4.74 Å². The summed E-state index contributed by atoms with van der Waals surface area (Å²) >= 11 is 3.25. The summed E-state index contributed by atoms with van der Waals surface area (Å²) in [7, 11) is 0. The molecule has 20 heavy (non-hydrogen) atoms. The second-order valence-corrected chi connectivity index (χ2v) is 7.23. The van der Waals surface area contributed by atoms with Crippen LogP contribution < -0.4 is 0 Å². The predicted octanol–water partition coefficient (Wildman–Crippen LogP) is 3.62. The maximum absolute atomic E-state index is 13.9. The molecular weight excluding hydrogens is 325 g/mol. The van der Waals surface area contributed by atoms with Crippen LogP contribution in [0.2, 0.25) is 0 Å². The van der Waals surface area contributed by atoms with Gasteiger partial charge in [-0.1, -0.05) is 6.07 Å². The Morgan fingerprint density at radius 1 is 1.25 bits per heavy atom.